The molecule has 21 heavy (non-hydrogen) atoms. The van der Waals surface area contributed by atoms with E-state index in [1.165, 1.54) is 18.9 Å². The van der Waals surface area contributed by atoms with Gasteiger partial charge >= 0.3 is 0 Å². The molecule has 1 aromatic carbocycles. The monoisotopic (exact) mass is 296 g/mol. The fraction of sp³-hybridized carbons (Fsp3) is 0.647. The van der Waals surface area contributed by atoms with Gasteiger partial charge in [-0.15, -0.1) is 0 Å². The van der Waals surface area contributed by atoms with Crippen LogP contribution < -0.4 is 5.32 Å². The average molecular weight is 296 g/mol. The van der Waals surface area contributed by atoms with Crippen LogP contribution in [0.25, 0.3) is 0 Å². The van der Waals surface area contributed by atoms with Gasteiger partial charge in [-0.1, -0.05) is 19.1 Å². The largest absolute Gasteiger partial charge is 0.309 e. The number of nitrogens with zero attached hydrogens (tertiary/aromatic N) is 1. The first-order valence-corrected chi connectivity index (χ1v) is 7.92. The fourth-order valence-electron chi connectivity index (χ4n) is 2.77. The second-order valence-electron chi connectivity index (χ2n) is 6.17. The maximum Gasteiger partial charge on any atom is 0.163 e. The fourth-order valence-corrected chi connectivity index (χ4v) is 2.77. The normalized spacial score (nSPS) is 18.0. The predicted molar refractivity (Wildman–Crippen MR) is 82.2 cm³/mol. The smallest absolute Gasteiger partial charge is 0.163 e. The highest BCUT2D eigenvalue weighted by Crippen LogP contribution is 2.35. The summed E-state index contributed by atoms with van der Waals surface area (Å²) in [5, 5.41) is 3.35. The van der Waals surface area contributed by atoms with Crippen molar-refractivity contribution in [2.75, 3.05) is 20.1 Å². The summed E-state index contributed by atoms with van der Waals surface area (Å²) < 4.78 is 27.5. The lowest BCUT2D eigenvalue weighted by Crippen LogP contribution is -2.39. The number of benzene rings is 1. The molecule has 0 spiro atoms. The first kappa shape index (κ1) is 16.4. The van der Waals surface area contributed by atoms with Crippen LogP contribution in [0.5, 0.6) is 0 Å². The van der Waals surface area contributed by atoms with E-state index in [0.29, 0.717) is 18.2 Å². The Hall–Kier alpha value is -1.00. The standard InChI is InChI=1S/C17H26F2N2/c1-4-10-20-16(11-21(3)12(2)13-8-9-13)14-6-5-7-15(18)17(14)19/h5-7,12-13,16,20H,4,8-11H2,1-3H3. The number of likely N-dealkylation sites (N-methyl/N-ethyl adjacent to an activating group) is 1. The highest BCUT2D eigenvalue weighted by Gasteiger charge is 2.31. The Bertz CT molecular complexity index is 460. The molecule has 0 aromatic heterocycles. The third-order valence-electron chi connectivity index (χ3n) is 4.47. The number of nitrogens with one attached hydrogen (secondary N) is 1. The lowest BCUT2D eigenvalue weighted by molar-refractivity contribution is 0.208. The zero-order valence-electron chi connectivity index (χ0n) is 13.2. The van der Waals surface area contributed by atoms with Gasteiger partial charge in [-0.2, -0.15) is 0 Å². The van der Waals surface area contributed by atoms with Crippen LogP contribution in [0.2, 0.25) is 0 Å². The van der Waals surface area contributed by atoms with Crippen molar-refractivity contribution in [3.05, 3.63) is 35.4 Å². The van der Waals surface area contributed by atoms with E-state index >= 15 is 0 Å². The van der Waals surface area contributed by atoms with E-state index in [9.17, 15) is 8.78 Å². The highest BCUT2D eigenvalue weighted by molar-refractivity contribution is 5.23. The van der Waals surface area contributed by atoms with Crippen LogP contribution in [0.1, 0.15) is 44.7 Å². The minimum absolute atomic E-state index is 0.174. The van der Waals surface area contributed by atoms with Crippen molar-refractivity contribution in [3.63, 3.8) is 0 Å². The molecule has 0 amide bonds. The van der Waals surface area contributed by atoms with E-state index in [1.807, 2.05) is 0 Å². The molecule has 0 saturated heterocycles. The van der Waals surface area contributed by atoms with Crippen molar-refractivity contribution in [2.45, 2.75) is 45.2 Å². The maximum absolute atomic E-state index is 14.1. The molecule has 0 heterocycles. The Balaban J connectivity index is 2.11. The summed E-state index contributed by atoms with van der Waals surface area (Å²) in [5.74, 6) is -0.730. The molecule has 118 valence electrons. The molecule has 1 saturated carbocycles. The van der Waals surface area contributed by atoms with Crippen LogP contribution >= 0.6 is 0 Å². The number of rotatable bonds is 8. The topological polar surface area (TPSA) is 15.3 Å². The Kier molecular flexibility index (Phi) is 5.71. The van der Waals surface area contributed by atoms with E-state index in [4.69, 9.17) is 0 Å². The van der Waals surface area contributed by atoms with Crippen LogP contribution in [-0.4, -0.2) is 31.1 Å². The van der Waals surface area contributed by atoms with Gasteiger partial charge in [0.25, 0.3) is 0 Å². The van der Waals surface area contributed by atoms with E-state index in [-0.39, 0.29) is 6.04 Å². The van der Waals surface area contributed by atoms with Crippen LogP contribution in [0.4, 0.5) is 8.78 Å². The van der Waals surface area contributed by atoms with E-state index in [1.54, 1.807) is 12.1 Å². The van der Waals surface area contributed by atoms with Crippen molar-refractivity contribution < 1.29 is 8.78 Å². The van der Waals surface area contributed by atoms with E-state index in [0.717, 1.165) is 18.9 Å². The lowest BCUT2D eigenvalue weighted by Gasteiger charge is -2.30. The van der Waals surface area contributed by atoms with Gasteiger partial charge in [0.2, 0.25) is 0 Å². The van der Waals surface area contributed by atoms with Crippen LogP contribution in [0.3, 0.4) is 0 Å². The Morgan fingerprint density at radius 2 is 2.05 bits per heavy atom. The molecule has 2 rings (SSSR count). The van der Waals surface area contributed by atoms with E-state index < -0.39 is 11.6 Å². The van der Waals surface area contributed by atoms with Gasteiger partial charge in [0, 0.05) is 24.2 Å². The lowest BCUT2D eigenvalue weighted by atomic mass is 10.0. The molecular weight excluding hydrogens is 270 g/mol. The van der Waals surface area contributed by atoms with Gasteiger partial charge < -0.3 is 10.2 Å². The minimum Gasteiger partial charge on any atom is -0.309 e. The Labute approximate surface area is 126 Å². The summed E-state index contributed by atoms with van der Waals surface area (Å²) >= 11 is 0. The molecule has 2 nitrogen and oxygen atoms in total. The van der Waals surface area contributed by atoms with Gasteiger partial charge in [0.05, 0.1) is 0 Å². The maximum atomic E-state index is 14.1. The van der Waals surface area contributed by atoms with Crippen molar-refractivity contribution >= 4 is 0 Å². The molecule has 1 fully saturated rings. The molecule has 2 unspecified atom stereocenters. The summed E-state index contributed by atoms with van der Waals surface area (Å²) in [6.07, 6.45) is 3.54. The summed E-state index contributed by atoms with van der Waals surface area (Å²) in [6.45, 7) is 5.78. The van der Waals surface area contributed by atoms with E-state index in [2.05, 4.69) is 31.1 Å². The summed E-state index contributed by atoms with van der Waals surface area (Å²) in [7, 11) is 2.07. The van der Waals surface area contributed by atoms with Crippen LogP contribution in [0, 0.1) is 17.6 Å². The summed E-state index contributed by atoms with van der Waals surface area (Å²) in [4.78, 5) is 2.26. The zero-order valence-corrected chi connectivity index (χ0v) is 13.2. The van der Waals surface area contributed by atoms with Crippen molar-refractivity contribution in [1.82, 2.24) is 10.2 Å². The first-order valence-electron chi connectivity index (χ1n) is 7.92. The number of hydrogen-bond acceptors (Lipinski definition) is 2. The Morgan fingerprint density at radius 1 is 1.33 bits per heavy atom. The molecule has 1 aliphatic rings. The zero-order chi connectivity index (χ0) is 15.4. The van der Waals surface area contributed by atoms with Crippen molar-refractivity contribution in [1.29, 1.82) is 0 Å². The van der Waals surface area contributed by atoms with Gasteiger partial charge in [-0.25, -0.2) is 8.78 Å². The molecule has 0 radical (unpaired) electrons. The Morgan fingerprint density at radius 3 is 2.67 bits per heavy atom. The molecule has 1 N–H and O–H groups in total. The molecule has 0 aliphatic heterocycles. The number of halogens is 2. The van der Waals surface area contributed by atoms with Gasteiger partial charge in [0.15, 0.2) is 11.6 Å². The molecule has 0 bridgehead atoms. The van der Waals surface area contributed by atoms with Crippen LogP contribution in [0.15, 0.2) is 18.2 Å². The number of hydrogen-bond donors (Lipinski definition) is 1. The van der Waals surface area contributed by atoms with Crippen LogP contribution in [-0.2, 0) is 0 Å². The summed E-state index contributed by atoms with van der Waals surface area (Å²) in [6, 6.07) is 4.76. The van der Waals surface area contributed by atoms with Gasteiger partial charge in [-0.05, 0) is 51.8 Å². The third-order valence-corrected chi connectivity index (χ3v) is 4.47. The molecular formula is C17H26F2N2. The molecule has 1 aliphatic carbocycles. The minimum atomic E-state index is -0.770. The molecule has 1 aromatic rings. The molecule has 2 atom stereocenters. The van der Waals surface area contributed by atoms with Gasteiger partial charge in [-0.3, -0.25) is 0 Å². The second-order valence-corrected chi connectivity index (χ2v) is 6.17. The summed E-state index contributed by atoms with van der Waals surface area (Å²) in [5.41, 5.74) is 0.429. The second kappa shape index (κ2) is 7.32. The third kappa shape index (κ3) is 4.24. The van der Waals surface area contributed by atoms with Gasteiger partial charge in [0.1, 0.15) is 0 Å². The van der Waals surface area contributed by atoms with Crippen molar-refractivity contribution in [3.8, 4) is 0 Å². The van der Waals surface area contributed by atoms with Crippen molar-refractivity contribution in [2.24, 2.45) is 5.92 Å². The predicted octanol–water partition coefficient (Wildman–Crippen LogP) is 3.74. The highest BCUT2D eigenvalue weighted by atomic mass is 19.2. The molecule has 4 heteroatoms. The quantitative estimate of drug-likeness (QED) is 0.786. The first-order chi connectivity index (χ1) is 10.0. The average Bonchev–Trinajstić information content (AvgIpc) is 3.30. The SMILES string of the molecule is CCCNC(CN(C)C(C)C1CC1)c1cccc(F)c1F.